The number of aryl methyl sites for hydroxylation is 1. The largest absolute Gasteiger partial charge is 0.336 e. The van der Waals surface area contributed by atoms with E-state index in [0.29, 0.717) is 17.0 Å². The van der Waals surface area contributed by atoms with Crippen LogP contribution in [0.1, 0.15) is 35.0 Å². The minimum atomic E-state index is -0.0243. The van der Waals surface area contributed by atoms with Gasteiger partial charge in [0.25, 0.3) is 5.91 Å². The number of rotatable bonds is 4. The van der Waals surface area contributed by atoms with Gasteiger partial charge in [-0.05, 0) is 19.4 Å². The van der Waals surface area contributed by atoms with Gasteiger partial charge in [-0.15, -0.1) is 11.3 Å². The van der Waals surface area contributed by atoms with Gasteiger partial charge in [0.05, 0.1) is 5.56 Å². The van der Waals surface area contributed by atoms with Crippen LogP contribution in [-0.2, 0) is 4.79 Å². The maximum absolute atomic E-state index is 12.5. The van der Waals surface area contributed by atoms with Gasteiger partial charge in [0.15, 0.2) is 0 Å². The molecular formula is C14H21N3O2S. The number of anilines is 1. The fourth-order valence-corrected chi connectivity index (χ4v) is 3.14. The molecule has 1 aromatic rings. The number of amides is 2. The molecule has 2 N–H and O–H groups in total. The summed E-state index contributed by atoms with van der Waals surface area (Å²) in [6.45, 7) is 7.01. The van der Waals surface area contributed by atoms with Gasteiger partial charge in [-0.1, -0.05) is 6.92 Å². The SMILES string of the molecule is CCCC(=O)Nc1sc(C)cc1C(=O)N1CCNCC1. The van der Waals surface area contributed by atoms with E-state index in [0.717, 1.165) is 37.5 Å². The van der Waals surface area contributed by atoms with E-state index in [2.05, 4.69) is 10.6 Å². The molecule has 0 saturated carbocycles. The number of nitrogens with zero attached hydrogens (tertiary/aromatic N) is 1. The molecule has 0 aromatic carbocycles. The summed E-state index contributed by atoms with van der Waals surface area (Å²) in [7, 11) is 0. The number of hydrogen-bond acceptors (Lipinski definition) is 4. The van der Waals surface area contributed by atoms with E-state index in [1.807, 2.05) is 24.8 Å². The van der Waals surface area contributed by atoms with Crippen LogP contribution >= 0.6 is 11.3 Å². The highest BCUT2D eigenvalue weighted by molar-refractivity contribution is 7.16. The van der Waals surface area contributed by atoms with Crippen LogP contribution in [0.15, 0.2) is 6.07 Å². The highest BCUT2D eigenvalue weighted by Gasteiger charge is 2.23. The van der Waals surface area contributed by atoms with Crippen LogP contribution in [0.5, 0.6) is 0 Å². The lowest BCUT2D eigenvalue weighted by atomic mass is 10.2. The lowest BCUT2D eigenvalue weighted by molar-refractivity contribution is -0.116. The summed E-state index contributed by atoms with van der Waals surface area (Å²) >= 11 is 1.47. The average molecular weight is 295 g/mol. The van der Waals surface area contributed by atoms with Crippen molar-refractivity contribution in [1.29, 1.82) is 0 Å². The molecule has 2 heterocycles. The van der Waals surface area contributed by atoms with E-state index in [4.69, 9.17) is 0 Å². The minimum Gasteiger partial charge on any atom is -0.336 e. The Morgan fingerprint density at radius 1 is 1.40 bits per heavy atom. The van der Waals surface area contributed by atoms with Crippen molar-refractivity contribution in [3.63, 3.8) is 0 Å². The Bertz CT molecular complexity index is 493. The summed E-state index contributed by atoms with van der Waals surface area (Å²) in [5, 5.41) is 6.78. The predicted molar refractivity (Wildman–Crippen MR) is 81.4 cm³/mol. The van der Waals surface area contributed by atoms with Gasteiger partial charge >= 0.3 is 0 Å². The third kappa shape index (κ3) is 3.58. The number of hydrogen-bond donors (Lipinski definition) is 2. The monoisotopic (exact) mass is 295 g/mol. The molecule has 5 nitrogen and oxygen atoms in total. The Morgan fingerprint density at radius 3 is 2.75 bits per heavy atom. The van der Waals surface area contributed by atoms with E-state index >= 15 is 0 Å². The van der Waals surface area contributed by atoms with Gasteiger partial charge in [-0.2, -0.15) is 0 Å². The summed E-state index contributed by atoms with van der Waals surface area (Å²) in [6, 6.07) is 1.87. The second-order valence-electron chi connectivity index (χ2n) is 4.94. The maximum Gasteiger partial charge on any atom is 0.256 e. The first-order valence-electron chi connectivity index (χ1n) is 7.02. The zero-order chi connectivity index (χ0) is 14.5. The van der Waals surface area contributed by atoms with E-state index in [9.17, 15) is 9.59 Å². The van der Waals surface area contributed by atoms with Crippen LogP contribution in [0, 0.1) is 6.92 Å². The number of nitrogens with one attached hydrogen (secondary N) is 2. The Kier molecular flexibility index (Phi) is 5.14. The normalized spacial score (nSPS) is 15.2. The van der Waals surface area contributed by atoms with Crippen LogP contribution < -0.4 is 10.6 Å². The first-order valence-corrected chi connectivity index (χ1v) is 7.83. The molecule has 1 fully saturated rings. The summed E-state index contributed by atoms with van der Waals surface area (Å²) in [4.78, 5) is 27.1. The molecule has 0 unspecified atom stereocenters. The van der Waals surface area contributed by atoms with Crippen molar-refractivity contribution in [2.24, 2.45) is 0 Å². The minimum absolute atomic E-state index is 0.0163. The molecule has 0 spiro atoms. The van der Waals surface area contributed by atoms with Gasteiger partial charge in [0.2, 0.25) is 5.91 Å². The van der Waals surface area contributed by atoms with E-state index < -0.39 is 0 Å². The van der Waals surface area contributed by atoms with Crippen LogP contribution in [-0.4, -0.2) is 42.9 Å². The first kappa shape index (κ1) is 15.0. The fourth-order valence-electron chi connectivity index (χ4n) is 2.22. The summed E-state index contributed by atoms with van der Waals surface area (Å²) < 4.78 is 0. The molecule has 1 aliphatic heterocycles. The Labute approximate surface area is 123 Å². The lowest BCUT2D eigenvalue weighted by Gasteiger charge is -2.27. The van der Waals surface area contributed by atoms with Crippen molar-refractivity contribution in [1.82, 2.24) is 10.2 Å². The molecule has 0 bridgehead atoms. The van der Waals surface area contributed by atoms with Crippen LogP contribution in [0.3, 0.4) is 0 Å². The molecule has 0 radical (unpaired) electrons. The van der Waals surface area contributed by atoms with Crippen molar-refractivity contribution in [3.8, 4) is 0 Å². The molecule has 0 aliphatic carbocycles. The topological polar surface area (TPSA) is 61.4 Å². The molecule has 0 atom stereocenters. The van der Waals surface area contributed by atoms with Gasteiger partial charge in [0, 0.05) is 37.5 Å². The van der Waals surface area contributed by atoms with Gasteiger partial charge in [-0.3, -0.25) is 9.59 Å². The second kappa shape index (κ2) is 6.85. The molecule has 1 saturated heterocycles. The summed E-state index contributed by atoms with van der Waals surface area (Å²) in [5.74, 6) is -0.00800. The Balaban J connectivity index is 2.13. The van der Waals surface area contributed by atoms with Crippen molar-refractivity contribution in [3.05, 3.63) is 16.5 Å². The number of piperazine rings is 1. The number of thiophene rings is 1. The maximum atomic E-state index is 12.5. The number of carbonyl (C=O) groups excluding carboxylic acids is 2. The fraction of sp³-hybridized carbons (Fsp3) is 0.571. The third-order valence-electron chi connectivity index (χ3n) is 3.22. The first-order chi connectivity index (χ1) is 9.61. The Morgan fingerprint density at radius 2 is 2.10 bits per heavy atom. The predicted octanol–water partition coefficient (Wildman–Crippen LogP) is 1.84. The van der Waals surface area contributed by atoms with Crippen LogP contribution in [0.4, 0.5) is 5.00 Å². The molecule has 2 amide bonds. The second-order valence-corrected chi connectivity index (χ2v) is 6.20. The van der Waals surface area contributed by atoms with Crippen molar-refractivity contribution < 1.29 is 9.59 Å². The standard InChI is InChI=1S/C14H21N3O2S/c1-3-4-12(18)16-13-11(9-10(2)20-13)14(19)17-7-5-15-6-8-17/h9,15H,3-8H2,1-2H3,(H,16,18). The van der Waals surface area contributed by atoms with Crippen LogP contribution in [0.25, 0.3) is 0 Å². The van der Waals surface area contributed by atoms with E-state index in [1.165, 1.54) is 11.3 Å². The molecule has 110 valence electrons. The van der Waals surface area contributed by atoms with Crippen molar-refractivity contribution >= 4 is 28.2 Å². The number of carbonyl (C=O) groups is 2. The highest BCUT2D eigenvalue weighted by Crippen LogP contribution is 2.29. The molecular weight excluding hydrogens is 274 g/mol. The molecule has 1 aromatic heterocycles. The van der Waals surface area contributed by atoms with Crippen molar-refractivity contribution in [2.75, 3.05) is 31.5 Å². The molecule has 6 heteroatoms. The third-order valence-corrected chi connectivity index (χ3v) is 4.19. The smallest absolute Gasteiger partial charge is 0.256 e. The Hall–Kier alpha value is -1.40. The molecule has 1 aliphatic rings. The summed E-state index contributed by atoms with van der Waals surface area (Å²) in [5.41, 5.74) is 0.624. The molecule has 20 heavy (non-hydrogen) atoms. The van der Waals surface area contributed by atoms with E-state index in [-0.39, 0.29) is 11.8 Å². The quantitative estimate of drug-likeness (QED) is 0.891. The van der Waals surface area contributed by atoms with Crippen LogP contribution in [0.2, 0.25) is 0 Å². The zero-order valence-electron chi connectivity index (χ0n) is 12.0. The highest BCUT2D eigenvalue weighted by atomic mass is 32.1. The van der Waals surface area contributed by atoms with Gasteiger partial charge in [0.1, 0.15) is 5.00 Å². The lowest BCUT2D eigenvalue weighted by Crippen LogP contribution is -2.46. The zero-order valence-corrected chi connectivity index (χ0v) is 12.8. The summed E-state index contributed by atoms with van der Waals surface area (Å²) in [6.07, 6.45) is 1.29. The average Bonchev–Trinajstić information content (AvgIpc) is 2.80. The van der Waals surface area contributed by atoms with Gasteiger partial charge < -0.3 is 15.5 Å². The molecule has 2 rings (SSSR count). The van der Waals surface area contributed by atoms with Gasteiger partial charge in [-0.25, -0.2) is 0 Å². The van der Waals surface area contributed by atoms with E-state index in [1.54, 1.807) is 0 Å². The van der Waals surface area contributed by atoms with Crippen molar-refractivity contribution in [2.45, 2.75) is 26.7 Å².